The summed E-state index contributed by atoms with van der Waals surface area (Å²) in [5, 5.41) is 13.6. The van der Waals surface area contributed by atoms with Crippen molar-refractivity contribution in [3.8, 4) is 0 Å². The molecule has 7 nitrogen and oxygen atoms in total. The molecule has 2 N–H and O–H groups in total. The van der Waals surface area contributed by atoms with Gasteiger partial charge in [-0.1, -0.05) is 31.2 Å². The van der Waals surface area contributed by atoms with Crippen LogP contribution in [0.5, 0.6) is 0 Å². The van der Waals surface area contributed by atoms with Crippen LogP contribution in [0.1, 0.15) is 36.8 Å². The third-order valence-electron chi connectivity index (χ3n) is 3.92. The number of hydrogen-bond acceptors (Lipinski definition) is 4. The molecule has 0 saturated heterocycles. The molecule has 1 aromatic heterocycles. The summed E-state index contributed by atoms with van der Waals surface area (Å²) < 4.78 is 1.79. The minimum atomic E-state index is -0.221. The molecule has 2 amide bonds. The van der Waals surface area contributed by atoms with E-state index in [0.717, 1.165) is 24.5 Å². The van der Waals surface area contributed by atoms with Crippen LogP contribution in [0.15, 0.2) is 30.6 Å². The highest BCUT2D eigenvalue weighted by atomic mass is 16.2. The predicted octanol–water partition coefficient (Wildman–Crippen LogP) is 1.83. The van der Waals surface area contributed by atoms with E-state index in [1.54, 1.807) is 10.9 Å². The highest BCUT2D eigenvalue weighted by Crippen LogP contribution is 2.09. The molecule has 1 aromatic carbocycles. The van der Waals surface area contributed by atoms with Crippen LogP contribution in [0.4, 0.5) is 4.79 Å². The largest absolute Gasteiger partial charge is 0.334 e. The first-order valence-corrected chi connectivity index (χ1v) is 8.14. The molecule has 0 aliphatic rings. The zero-order valence-corrected chi connectivity index (χ0v) is 14.8. The number of rotatable bonds is 7. The van der Waals surface area contributed by atoms with E-state index in [-0.39, 0.29) is 12.1 Å². The van der Waals surface area contributed by atoms with Crippen LogP contribution in [0.25, 0.3) is 0 Å². The summed E-state index contributed by atoms with van der Waals surface area (Å²) in [4.78, 5) is 14.3. The summed E-state index contributed by atoms with van der Waals surface area (Å²) >= 11 is 0. The number of carbonyl (C=O) groups excluding carboxylic acids is 1. The maximum Gasteiger partial charge on any atom is 0.315 e. The number of carbonyl (C=O) groups is 1. The van der Waals surface area contributed by atoms with Crippen molar-refractivity contribution in [2.24, 2.45) is 7.05 Å². The molecule has 7 heteroatoms. The molecule has 1 heterocycles. The van der Waals surface area contributed by atoms with E-state index in [9.17, 15) is 4.79 Å². The maximum atomic E-state index is 12.1. The first-order valence-electron chi connectivity index (χ1n) is 8.14. The molecular weight excluding hydrogens is 304 g/mol. The number of aryl methyl sites for hydroxylation is 1. The normalized spacial score (nSPS) is 12.2. The Balaban J connectivity index is 1.85. The number of nitrogens with one attached hydrogen (secondary N) is 2. The number of hydrogen-bond donors (Lipinski definition) is 2. The first kappa shape index (κ1) is 17.9. The minimum absolute atomic E-state index is 0.206. The second-order valence-corrected chi connectivity index (χ2v) is 6.00. The monoisotopic (exact) mass is 330 g/mol. The van der Waals surface area contributed by atoms with Gasteiger partial charge in [-0.25, -0.2) is 4.79 Å². The van der Waals surface area contributed by atoms with E-state index in [2.05, 4.69) is 51.8 Å². The van der Waals surface area contributed by atoms with Gasteiger partial charge in [0, 0.05) is 20.1 Å². The fourth-order valence-electron chi connectivity index (χ4n) is 2.44. The second kappa shape index (κ2) is 8.44. The Morgan fingerprint density at radius 1 is 1.38 bits per heavy atom. The lowest BCUT2D eigenvalue weighted by atomic mass is 10.1. The Bertz CT molecular complexity index is 669. The summed E-state index contributed by atoms with van der Waals surface area (Å²) in [6.45, 7) is 6.41. The van der Waals surface area contributed by atoms with Crippen molar-refractivity contribution in [3.63, 3.8) is 0 Å². The molecule has 130 valence electrons. The molecule has 0 spiro atoms. The highest BCUT2D eigenvalue weighted by molar-refractivity contribution is 5.74. The van der Waals surface area contributed by atoms with E-state index in [1.807, 2.05) is 26.1 Å². The third-order valence-corrected chi connectivity index (χ3v) is 3.92. The van der Waals surface area contributed by atoms with Crippen molar-refractivity contribution in [3.05, 3.63) is 47.5 Å². The highest BCUT2D eigenvalue weighted by Gasteiger charge is 2.13. The van der Waals surface area contributed by atoms with Gasteiger partial charge in [0.05, 0.1) is 6.04 Å². The molecule has 1 atom stereocenters. The van der Waals surface area contributed by atoms with Gasteiger partial charge in [-0.2, -0.15) is 0 Å². The van der Waals surface area contributed by atoms with Gasteiger partial charge in [0.2, 0.25) is 0 Å². The summed E-state index contributed by atoms with van der Waals surface area (Å²) in [7, 11) is 3.94. The van der Waals surface area contributed by atoms with E-state index in [4.69, 9.17) is 0 Å². The van der Waals surface area contributed by atoms with Crippen molar-refractivity contribution in [2.45, 2.75) is 33.0 Å². The smallest absolute Gasteiger partial charge is 0.315 e. The molecule has 24 heavy (non-hydrogen) atoms. The first-order chi connectivity index (χ1) is 11.5. The average Bonchev–Trinajstić information content (AvgIpc) is 2.99. The molecule has 0 unspecified atom stereocenters. The molecule has 0 radical (unpaired) electrons. The Labute approximate surface area is 143 Å². The van der Waals surface area contributed by atoms with Gasteiger partial charge in [-0.15, -0.1) is 10.2 Å². The standard InChI is InChI=1S/C17H26N6O/c1-5-22(3)11-15-8-6-7-14(9-15)10-18-17(24)20-13(2)16-21-19-12-23(16)4/h6-9,12-13H,5,10-11H2,1-4H3,(H2,18,20,24)/t13-/m0/s1. The number of amides is 2. The number of benzene rings is 1. The van der Waals surface area contributed by atoms with E-state index < -0.39 is 0 Å². The van der Waals surface area contributed by atoms with Crippen molar-refractivity contribution in [1.82, 2.24) is 30.3 Å². The lowest BCUT2D eigenvalue weighted by Gasteiger charge is -2.15. The Morgan fingerprint density at radius 2 is 2.12 bits per heavy atom. The second-order valence-electron chi connectivity index (χ2n) is 6.00. The van der Waals surface area contributed by atoms with E-state index in [0.29, 0.717) is 6.54 Å². The molecule has 0 fully saturated rings. The molecule has 0 saturated carbocycles. The van der Waals surface area contributed by atoms with Crippen molar-refractivity contribution < 1.29 is 4.79 Å². The molecule has 0 aliphatic heterocycles. The van der Waals surface area contributed by atoms with Gasteiger partial charge >= 0.3 is 6.03 Å². The summed E-state index contributed by atoms with van der Waals surface area (Å²) in [6.07, 6.45) is 1.62. The van der Waals surface area contributed by atoms with Crippen LogP contribution in [0, 0.1) is 0 Å². The topological polar surface area (TPSA) is 75.1 Å². The van der Waals surface area contributed by atoms with Gasteiger partial charge in [0.25, 0.3) is 0 Å². The number of nitrogens with zero attached hydrogens (tertiary/aromatic N) is 4. The zero-order chi connectivity index (χ0) is 17.5. The quantitative estimate of drug-likeness (QED) is 0.812. The van der Waals surface area contributed by atoms with Crippen LogP contribution >= 0.6 is 0 Å². The summed E-state index contributed by atoms with van der Waals surface area (Å²) in [6, 6.07) is 7.84. The van der Waals surface area contributed by atoms with Crippen LogP contribution in [0.2, 0.25) is 0 Å². The van der Waals surface area contributed by atoms with Crippen molar-refractivity contribution in [2.75, 3.05) is 13.6 Å². The van der Waals surface area contributed by atoms with Gasteiger partial charge < -0.3 is 20.1 Å². The van der Waals surface area contributed by atoms with Gasteiger partial charge in [-0.05, 0) is 31.6 Å². The van der Waals surface area contributed by atoms with Crippen molar-refractivity contribution >= 4 is 6.03 Å². The van der Waals surface area contributed by atoms with E-state index >= 15 is 0 Å². The minimum Gasteiger partial charge on any atom is -0.334 e. The molecule has 0 bridgehead atoms. The lowest BCUT2D eigenvalue weighted by Crippen LogP contribution is -2.37. The summed E-state index contributed by atoms with van der Waals surface area (Å²) in [5.74, 6) is 0.717. The fourth-order valence-corrected chi connectivity index (χ4v) is 2.44. The maximum absolute atomic E-state index is 12.1. The van der Waals surface area contributed by atoms with Crippen molar-refractivity contribution in [1.29, 1.82) is 0 Å². The SMILES string of the molecule is CCN(C)Cc1cccc(CNC(=O)N[C@@H](C)c2nncn2C)c1. The Hall–Kier alpha value is -2.41. The third kappa shape index (κ3) is 5.06. The van der Waals surface area contributed by atoms with E-state index in [1.165, 1.54) is 5.56 Å². The Morgan fingerprint density at radius 3 is 2.79 bits per heavy atom. The van der Waals surface area contributed by atoms with Crippen LogP contribution in [-0.2, 0) is 20.1 Å². The van der Waals surface area contributed by atoms with Gasteiger partial charge in [0.15, 0.2) is 5.82 Å². The molecule has 0 aliphatic carbocycles. The lowest BCUT2D eigenvalue weighted by molar-refractivity contribution is 0.237. The zero-order valence-electron chi connectivity index (χ0n) is 14.8. The average molecular weight is 330 g/mol. The Kier molecular flexibility index (Phi) is 6.31. The van der Waals surface area contributed by atoms with Gasteiger partial charge in [0.1, 0.15) is 6.33 Å². The van der Waals surface area contributed by atoms with Crippen LogP contribution in [0.3, 0.4) is 0 Å². The van der Waals surface area contributed by atoms with Crippen LogP contribution in [-0.4, -0.2) is 39.3 Å². The predicted molar refractivity (Wildman–Crippen MR) is 93.2 cm³/mol. The molecule has 2 rings (SSSR count). The summed E-state index contributed by atoms with van der Waals surface area (Å²) in [5.41, 5.74) is 2.32. The molecular formula is C17H26N6O. The fraction of sp³-hybridized carbons (Fsp3) is 0.471. The van der Waals surface area contributed by atoms with Crippen LogP contribution < -0.4 is 10.6 Å². The molecule has 2 aromatic rings. The van der Waals surface area contributed by atoms with Gasteiger partial charge in [-0.3, -0.25) is 0 Å². The number of aromatic nitrogens is 3. The number of urea groups is 1.